The SMILES string of the molecule is CC.CCC.CCC(O)c1ccc(O)c(C)c1. The maximum absolute atomic E-state index is 9.46. The third kappa shape index (κ3) is 7.81. The van der Waals surface area contributed by atoms with Crippen molar-refractivity contribution < 1.29 is 10.2 Å². The fourth-order valence-corrected chi connectivity index (χ4v) is 1.12. The summed E-state index contributed by atoms with van der Waals surface area (Å²) in [5, 5.41) is 18.7. The smallest absolute Gasteiger partial charge is 0.118 e. The van der Waals surface area contributed by atoms with Crippen LogP contribution in [0.1, 0.15) is 64.7 Å². The van der Waals surface area contributed by atoms with E-state index >= 15 is 0 Å². The average Bonchev–Trinajstić information content (AvgIpc) is 2.35. The Bertz CT molecular complexity index is 282. The lowest BCUT2D eigenvalue weighted by atomic mass is 10.0. The van der Waals surface area contributed by atoms with E-state index in [2.05, 4.69) is 13.8 Å². The van der Waals surface area contributed by atoms with E-state index in [4.69, 9.17) is 0 Å². The minimum atomic E-state index is -0.413. The number of aliphatic hydroxyl groups excluding tert-OH is 1. The van der Waals surface area contributed by atoms with Crippen LogP contribution < -0.4 is 0 Å². The molecule has 0 aromatic heterocycles. The predicted octanol–water partition coefficient (Wildman–Crippen LogP) is 4.59. The van der Waals surface area contributed by atoms with Crippen LogP contribution >= 0.6 is 0 Å². The number of phenols is 1. The third-order valence-corrected chi connectivity index (χ3v) is 1.99. The van der Waals surface area contributed by atoms with Crippen molar-refractivity contribution in [3.8, 4) is 5.75 Å². The normalized spacial score (nSPS) is 10.5. The maximum Gasteiger partial charge on any atom is 0.118 e. The number of aromatic hydroxyl groups is 1. The molecule has 1 aromatic rings. The number of aryl methyl sites for hydroxylation is 1. The van der Waals surface area contributed by atoms with E-state index < -0.39 is 6.10 Å². The van der Waals surface area contributed by atoms with Crippen molar-refractivity contribution in [3.05, 3.63) is 29.3 Å². The Morgan fingerprint density at radius 2 is 1.59 bits per heavy atom. The molecule has 2 nitrogen and oxygen atoms in total. The molecule has 2 N–H and O–H groups in total. The standard InChI is InChI=1S/C10H14O2.C3H8.C2H6/c1-3-9(11)8-4-5-10(12)7(2)6-8;1-3-2;1-2/h4-6,9,11-12H,3H2,1-2H3;3H2,1-2H3;1-2H3. The second-order valence-corrected chi connectivity index (χ2v) is 3.68. The summed E-state index contributed by atoms with van der Waals surface area (Å²) < 4.78 is 0. The Hall–Kier alpha value is -1.02. The van der Waals surface area contributed by atoms with Crippen LogP contribution in [-0.4, -0.2) is 10.2 Å². The second kappa shape index (κ2) is 11.5. The lowest BCUT2D eigenvalue weighted by molar-refractivity contribution is 0.173. The molecular formula is C15H28O2. The van der Waals surface area contributed by atoms with Gasteiger partial charge in [0, 0.05) is 0 Å². The summed E-state index contributed by atoms with van der Waals surface area (Å²) in [7, 11) is 0. The van der Waals surface area contributed by atoms with E-state index in [0.717, 1.165) is 11.1 Å². The summed E-state index contributed by atoms with van der Waals surface area (Å²) in [4.78, 5) is 0. The van der Waals surface area contributed by atoms with Crippen LogP contribution in [0.3, 0.4) is 0 Å². The number of benzene rings is 1. The molecule has 1 atom stereocenters. The number of phenolic OH excluding ortho intramolecular Hbond substituents is 1. The Morgan fingerprint density at radius 1 is 1.12 bits per heavy atom. The molecular weight excluding hydrogens is 212 g/mol. The molecule has 2 heteroatoms. The van der Waals surface area contributed by atoms with Crippen LogP contribution in [0.5, 0.6) is 5.75 Å². The van der Waals surface area contributed by atoms with Crippen LogP contribution in [0, 0.1) is 6.92 Å². The summed E-state index contributed by atoms with van der Waals surface area (Å²) >= 11 is 0. The van der Waals surface area contributed by atoms with Crippen LogP contribution in [0.2, 0.25) is 0 Å². The van der Waals surface area contributed by atoms with Gasteiger partial charge in [0.2, 0.25) is 0 Å². The van der Waals surface area contributed by atoms with E-state index in [1.54, 1.807) is 12.1 Å². The fraction of sp³-hybridized carbons (Fsp3) is 0.600. The molecule has 0 radical (unpaired) electrons. The molecule has 0 fully saturated rings. The van der Waals surface area contributed by atoms with Gasteiger partial charge in [0.05, 0.1) is 6.10 Å². The number of hydrogen-bond donors (Lipinski definition) is 2. The highest BCUT2D eigenvalue weighted by atomic mass is 16.3. The highest BCUT2D eigenvalue weighted by molar-refractivity contribution is 5.35. The van der Waals surface area contributed by atoms with E-state index in [0.29, 0.717) is 6.42 Å². The lowest BCUT2D eigenvalue weighted by Crippen LogP contribution is -1.94. The molecule has 0 bridgehead atoms. The van der Waals surface area contributed by atoms with Gasteiger partial charge >= 0.3 is 0 Å². The summed E-state index contributed by atoms with van der Waals surface area (Å²) in [6.45, 7) is 12.0. The predicted molar refractivity (Wildman–Crippen MR) is 75.4 cm³/mol. The molecule has 1 aromatic carbocycles. The van der Waals surface area contributed by atoms with Gasteiger partial charge in [-0.2, -0.15) is 0 Å². The molecule has 100 valence electrons. The van der Waals surface area contributed by atoms with Gasteiger partial charge in [-0.1, -0.05) is 47.1 Å². The van der Waals surface area contributed by atoms with Crippen LogP contribution in [0.4, 0.5) is 0 Å². The zero-order valence-corrected chi connectivity index (χ0v) is 12.1. The molecule has 0 heterocycles. The fourth-order valence-electron chi connectivity index (χ4n) is 1.12. The Kier molecular flexibility index (Phi) is 12.4. The van der Waals surface area contributed by atoms with Gasteiger partial charge < -0.3 is 10.2 Å². The van der Waals surface area contributed by atoms with Gasteiger partial charge in [-0.25, -0.2) is 0 Å². The molecule has 1 unspecified atom stereocenters. The van der Waals surface area contributed by atoms with Gasteiger partial charge in [0.1, 0.15) is 5.75 Å². The van der Waals surface area contributed by atoms with Gasteiger partial charge in [-0.15, -0.1) is 0 Å². The topological polar surface area (TPSA) is 40.5 Å². The van der Waals surface area contributed by atoms with Crippen molar-refractivity contribution in [2.75, 3.05) is 0 Å². The minimum absolute atomic E-state index is 0.280. The zero-order valence-electron chi connectivity index (χ0n) is 12.1. The highest BCUT2D eigenvalue weighted by Gasteiger charge is 2.05. The zero-order chi connectivity index (χ0) is 13.8. The van der Waals surface area contributed by atoms with Crippen LogP contribution in [0.25, 0.3) is 0 Å². The third-order valence-electron chi connectivity index (χ3n) is 1.99. The van der Waals surface area contributed by atoms with E-state index in [-0.39, 0.29) is 5.75 Å². The number of aliphatic hydroxyl groups is 1. The molecule has 17 heavy (non-hydrogen) atoms. The van der Waals surface area contributed by atoms with Crippen molar-refractivity contribution in [1.29, 1.82) is 0 Å². The molecule has 0 amide bonds. The van der Waals surface area contributed by atoms with E-state index in [1.165, 1.54) is 6.42 Å². The van der Waals surface area contributed by atoms with Gasteiger partial charge in [0.15, 0.2) is 0 Å². The number of hydrogen-bond acceptors (Lipinski definition) is 2. The second-order valence-electron chi connectivity index (χ2n) is 3.68. The first-order valence-corrected chi connectivity index (χ1v) is 6.54. The summed E-state index contributed by atoms with van der Waals surface area (Å²) in [6.07, 6.45) is 1.54. The summed E-state index contributed by atoms with van der Waals surface area (Å²) in [5.74, 6) is 0.280. The highest BCUT2D eigenvalue weighted by Crippen LogP contribution is 2.22. The summed E-state index contributed by atoms with van der Waals surface area (Å²) in [6, 6.07) is 5.17. The molecule has 0 aliphatic heterocycles. The summed E-state index contributed by atoms with van der Waals surface area (Å²) in [5.41, 5.74) is 1.67. The van der Waals surface area contributed by atoms with E-state index in [1.807, 2.05) is 33.8 Å². The molecule has 0 spiro atoms. The maximum atomic E-state index is 9.46. The van der Waals surface area contributed by atoms with Gasteiger partial charge in [-0.3, -0.25) is 0 Å². The van der Waals surface area contributed by atoms with Gasteiger partial charge in [-0.05, 0) is 36.6 Å². The first-order valence-electron chi connectivity index (χ1n) is 6.54. The molecule has 1 rings (SSSR count). The average molecular weight is 240 g/mol. The first kappa shape index (κ1) is 18.3. The largest absolute Gasteiger partial charge is 0.508 e. The van der Waals surface area contributed by atoms with Crippen LogP contribution in [0.15, 0.2) is 18.2 Å². The van der Waals surface area contributed by atoms with Gasteiger partial charge in [0.25, 0.3) is 0 Å². The lowest BCUT2D eigenvalue weighted by Gasteiger charge is -2.09. The van der Waals surface area contributed by atoms with E-state index in [9.17, 15) is 10.2 Å². The quantitative estimate of drug-likeness (QED) is 0.794. The first-order chi connectivity index (χ1) is 8.06. The minimum Gasteiger partial charge on any atom is -0.508 e. The molecule has 0 saturated heterocycles. The van der Waals surface area contributed by atoms with Crippen molar-refractivity contribution in [2.24, 2.45) is 0 Å². The Morgan fingerprint density at radius 3 is 1.94 bits per heavy atom. The number of rotatable bonds is 2. The monoisotopic (exact) mass is 240 g/mol. The molecule has 0 aliphatic rings. The van der Waals surface area contributed by atoms with Crippen molar-refractivity contribution in [2.45, 2.75) is 60.5 Å². The molecule has 0 saturated carbocycles. The van der Waals surface area contributed by atoms with Crippen molar-refractivity contribution in [3.63, 3.8) is 0 Å². The van der Waals surface area contributed by atoms with Crippen molar-refractivity contribution in [1.82, 2.24) is 0 Å². The Labute approximate surface area is 106 Å². The van der Waals surface area contributed by atoms with Crippen LogP contribution in [-0.2, 0) is 0 Å². The molecule has 0 aliphatic carbocycles. The van der Waals surface area contributed by atoms with Crippen molar-refractivity contribution >= 4 is 0 Å². The Balaban J connectivity index is 0.